The summed E-state index contributed by atoms with van der Waals surface area (Å²) in [7, 11) is 2.90. The largest absolute Gasteiger partial charge is 0.496 e. The summed E-state index contributed by atoms with van der Waals surface area (Å²) in [4.78, 5) is 22.9. The SMILES string of the molecule is COc1ccc(O[C@H](C)C(=O)Nc2ccccc2OC)c([N+](=O)[O-])c1. The molecule has 8 heteroatoms. The Labute approximate surface area is 144 Å². The van der Waals surface area contributed by atoms with Crippen LogP contribution in [-0.2, 0) is 4.79 Å². The van der Waals surface area contributed by atoms with Crippen LogP contribution in [0.4, 0.5) is 11.4 Å². The first-order valence-corrected chi connectivity index (χ1v) is 7.39. The van der Waals surface area contributed by atoms with Gasteiger partial charge in [0.25, 0.3) is 5.91 Å². The molecule has 0 heterocycles. The fourth-order valence-corrected chi connectivity index (χ4v) is 2.09. The van der Waals surface area contributed by atoms with Crippen LogP contribution in [0.1, 0.15) is 6.92 Å². The first-order chi connectivity index (χ1) is 12.0. The summed E-state index contributed by atoms with van der Waals surface area (Å²) in [5, 5.41) is 13.8. The molecule has 8 nitrogen and oxygen atoms in total. The van der Waals surface area contributed by atoms with Gasteiger partial charge in [0.1, 0.15) is 11.5 Å². The van der Waals surface area contributed by atoms with E-state index >= 15 is 0 Å². The van der Waals surface area contributed by atoms with Gasteiger partial charge in [-0.15, -0.1) is 0 Å². The highest BCUT2D eigenvalue weighted by atomic mass is 16.6. The Balaban J connectivity index is 2.15. The van der Waals surface area contributed by atoms with E-state index < -0.39 is 16.9 Å². The molecule has 0 aliphatic heterocycles. The second-order valence-corrected chi connectivity index (χ2v) is 5.04. The van der Waals surface area contributed by atoms with Crippen LogP contribution in [0, 0.1) is 10.1 Å². The lowest BCUT2D eigenvalue weighted by molar-refractivity contribution is -0.386. The number of carbonyl (C=O) groups excluding carboxylic acids is 1. The first kappa shape index (κ1) is 18.1. The molecule has 0 unspecified atom stereocenters. The van der Waals surface area contributed by atoms with Crippen molar-refractivity contribution in [2.75, 3.05) is 19.5 Å². The Morgan fingerprint density at radius 2 is 1.84 bits per heavy atom. The van der Waals surface area contributed by atoms with E-state index in [9.17, 15) is 14.9 Å². The zero-order valence-electron chi connectivity index (χ0n) is 14.0. The Bertz CT molecular complexity index is 777. The summed E-state index contributed by atoms with van der Waals surface area (Å²) >= 11 is 0. The molecule has 0 saturated heterocycles. The van der Waals surface area contributed by atoms with Crippen molar-refractivity contribution < 1.29 is 23.9 Å². The first-order valence-electron chi connectivity index (χ1n) is 7.39. The van der Waals surface area contributed by atoms with E-state index in [1.807, 2.05) is 0 Å². The molecular weight excluding hydrogens is 328 g/mol. The maximum absolute atomic E-state index is 12.3. The molecule has 1 amide bonds. The predicted molar refractivity (Wildman–Crippen MR) is 91.4 cm³/mol. The van der Waals surface area contributed by atoms with Crippen LogP contribution in [0.25, 0.3) is 0 Å². The summed E-state index contributed by atoms with van der Waals surface area (Å²) in [6.45, 7) is 1.50. The van der Waals surface area contributed by atoms with Gasteiger partial charge in [-0.1, -0.05) is 12.1 Å². The molecule has 0 radical (unpaired) electrons. The third-order valence-corrected chi connectivity index (χ3v) is 3.40. The molecule has 1 N–H and O–H groups in total. The van der Waals surface area contributed by atoms with Crippen LogP contribution in [0.2, 0.25) is 0 Å². The average molecular weight is 346 g/mol. The highest BCUT2D eigenvalue weighted by Gasteiger charge is 2.22. The number of hydrogen-bond acceptors (Lipinski definition) is 6. The van der Waals surface area contributed by atoms with Crippen molar-refractivity contribution >= 4 is 17.3 Å². The van der Waals surface area contributed by atoms with Crippen molar-refractivity contribution in [1.29, 1.82) is 0 Å². The predicted octanol–water partition coefficient (Wildman–Crippen LogP) is 3.02. The summed E-state index contributed by atoms with van der Waals surface area (Å²) in [6.07, 6.45) is -0.961. The van der Waals surface area contributed by atoms with Crippen LogP contribution in [0.5, 0.6) is 17.2 Å². The van der Waals surface area contributed by atoms with Crippen molar-refractivity contribution in [3.05, 3.63) is 52.6 Å². The van der Waals surface area contributed by atoms with Gasteiger partial charge in [-0.05, 0) is 31.2 Å². The zero-order valence-corrected chi connectivity index (χ0v) is 14.0. The quantitative estimate of drug-likeness (QED) is 0.611. The van der Waals surface area contributed by atoms with E-state index in [1.54, 1.807) is 24.3 Å². The van der Waals surface area contributed by atoms with E-state index in [-0.39, 0.29) is 11.4 Å². The number of methoxy groups -OCH3 is 2. The van der Waals surface area contributed by atoms with Gasteiger partial charge in [0.05, 0.1) is 30.9 Å². The minimum absolute atomic E-state index is 0.0199. The van der Waals surface area contributed by atoms with Crippen LogP contribution in [0.3, 0.4) is 0 Å². The number of para-hydroxylation sites is 2. The molecule has 2 rings (SSSR count). The number of nitro groups is 1. The fraction of sp³-hybridized carbons (Fsp3) is 0.235. The number of nitrogens with one attached hydrogen (secondary N) is 1. The van der Waals surface area contributed by atoms with Gasteiger partial charge in [-0.3, -0.25) is 14.9 Å². The number of benzene rings is 2. The molecule has 0 bridgehead atoms. The van der Waals surface area contributed by atoms with Crippen molar-refractivity contribution in [1.82, 2.24) is 0 Å². The van der Waals surface area contributed by atoms with Gasteiger partial charge in [0, 0.05) is 0 Å². The molecule has 1 atom stereocenters. The highest BCUT2D eigenvalue weighted by Crippen LogP contribution is 2.32. The van der Waals surface area contributed by atoms with Gasteiger partial charge in [0.15, 0.2) is 11.9 Å². The standard InChI is InChI=1S/C17H18N2O6/c1-11(17(20)18-13-6-4-5-7-15(13)24-3)25-16-9-8-12(23-2)10-14(16)19(21)22/h4-11H,1-3H3,(H,18,20)/t11-/m1/s1. The number of ether oxygens (including phenoxy) is 3. The smallest absolute Gasteiger partial charge is 0.314 e. The lowest BCUT2D eigenvalue weighted by Crippen LogP contribution is -2.30. The maximum atomic E-state index is 12.3. The lowest BCUT2D eigenvalue weighted by Gasteiger charge is -2.16. The summed E-state index contributed by atoms with van der Waals surface area (Å²) < 4.78 is 15.6. The van der Waals surface area contributed by atoms with Crippen LogP contribution < -0.4 is 19.5 Å². The Morgan fingerprint density at radius 3 is 2.48 bits per heavy atom. The number of anilines is 1. The van der Waals surface area contributed by atoms with E-state index in [0.717, 1.165) is 0 Å². The van der Waals surface area contributed by atoms with E-state index in [2.05, 4.69) is 5.32 Å². The third-order valence-electron chi connectivity index (χ3n) is 3.40. The van der Waals surface area contributed by atoms with Gasteiger partial charge < -0.3 is 19.5 Å². The molecule has 0 spiro atoms. The topological polar surface area (TPSA) is 99.9 Å². The average Bonchev–Trinajstić information content (AvgIpc) is 2.62. The molecule has 0 aliphatic carbocycles. The molecular formula is C17H18N2O6. The molecule has 25 heavy (non-hydrogen) atoms. The van der Waals surface area contributed by atoms with Crippen molar-refractivity contribution in [3.63, 3.8) is 0 Å². The van der Waals surface area contributed by atoms with E-state index in [1.165, 1.54) is 39.3 Å². The molecule has 0 aromatic heterocycles. The summed E-state index contributed by atoms with van der Waals surface area (Å²) in [6, 6.07) is 11.1. The fourth-order valence-electron chi connectivity index (χ4n) is 2.09. The van der Waals surface area contributed by atoms with Crippen LogP contribution >= 0.6 is 0 Å². The second kappa shape index (κ2) is 8.00. The van der Waals surface area contributed by atoms with Gasteiger partial charge >= 0.3 is 5.69 Å². The van der Waals surface area contributed by atoms with Gasteiger partial charge in [-0.25, -0.2) is 0 Å². The molecule has 2 aromatic carbocycles. The Kier molecular flexibility index (Phi) is 5.78. The second-order valence-electron chi connectivity index (χ2n) is 5.04. The van der Waals surface area contributed by atoms with Gasteiger partial charge in [0.2, 0.25) is 0 Å². The summed E-state index contributed by atoms with van der Waals surface area (Å²) in [5.41, 5.74) is 0.200. The van der Waals surface area contributed by atoms with E-state index in [4.69, 9.17) is 14.2 Å². The molecule has 0 saturated carbocycles. The Hall–Kier alpha value is -3.29. The molecule has 0 aliphatic rings. The number of amides is 1. The molecule has 132 valence electrons. The third kappa shape index (κ3) is 4.37. The number of nitrogens with zero attached hydrogens (tertiary/aromatic N) is 1. The normalized spacial score (nSPS) is 11.3. The zero-order chi connectivity index (χ0) is 18.4. The molecule has 0 fully saturated rings. The number of rotatable bonds is 7. The van der Waals surface area contributed by atoms with Crippen molar-refractivity contribution in [2.24, 2.45) is 0 Å². The van der Waals surface area contributed by atoms with E-state index in [0.29, 0.717) is 17.2 Å². The molecule has 2 aromatic rings. The number of hydrogen-bond donors (Lipinski definition) is 1. The summed E-state index contributed by atoms with van der Waals surface area (Å²) in [5.74, 6) is 0.340. The minimum Gasteiger partial charge on any atom is -0.496 e. The van der Waals surface area contributed by atoms with Crippen LogP contribution in [-0.4, -0.2) is 31.2 Å². The number of nitro benzene ring substituents is 1. The van der Waals surface area contributed by atoms with Crippen molar-refractivity contribution in [2.45, 2.75) is 13.0 Å². The maximum Gasteiger partial charge on any atom is 0.314 e. The van der Waals surface area contributed by atoms with Gasteiger partial charge in [-0.2, -0.15) is 0 Å². The minimum atomic E-state index is -0.961. The number of carbonyl (C=O) groups is 1. The monoisotopic (exact) mass is 346 g/mol. The Morgan fingerprint density at radius 1 is 1.12 bits per heavy atom. The van der Waals surface area contributed by atoms with Crippen molar-refractivity contribution in [3.8, 4) is 17.2 Å². The highest BCUT2D eigenvalue weighted by molar-refractivity contribution is 5.95. The van der Waals surface area contributed by atoms with Crippen LogP contribution in [0.15, 0.2) is 42.5 Å². The lowest BCUT2D eigenvalue weighted by atomic mass is 10.2.